The molecule has 1 aliphatic heterocycles. The fourth-order valence-corrected chi connectivity index (χ4v) is 2.98. The van der Waals surface area contributed by atoms with E-state index in [4.69, 9.17) is 10.6 Å². The van der Waals surface area contributed by atoms with Crippen LogP contribution in [-0.2, 0) is 9.53 Å². The fourth-order valence-electron chi connectivity index (χ4n) is 2.98. The summed E-state index contributed by atoms with van der Waals surface area (Å²) in [4.78, 5) is 14.1. The first-order valence-electron chi connectivity index (χ1n) is 6.41. The molecule has 1 amide bonds. The highest BCUT2D eigenvalue weighted by molar-refractivity contribution is 5.81. The number of fused-ring (bicyclic) bond motifs is 1. The molecule has 17 heavy (non-hydrogen) atoms. The monoisotopic (exact) mass is 241 g/mol. The number of amides is 1. The largest absolute Gasteiger partial charge is 0.375 e. The Bertz CT molecular complexity index is 293. The van der Waals surface area contributed by atoms with Gasteiger partial charge in [-0.3, -0.25) is 15.1 Å². The Morgan fingerprint density at radius 2 is 2.29 bits per heavy atom. The maximum atomic E-state index is 11.7. The van der Waals surface area contributed by atoms with Crippen LogP contribution in [0.5, 0.6) is 0 Å². The van der Waals surface area contributed by atoms with Gasteiger partial charge >= 0.3 is 0 Å². The third-order valence-electron chi connectivity index (χ3n) is 3.94. The number of nitrogens with two attached hydrogens (primary N) is 1. The lowest BCUT2D eigenvalue weighted by Gasteiger charge is -2.41. The van der Waals surface area contributed by atoms with Crippen molar-refractivity contribution in [1.82, 2.24) is 10.3 Å². The van der Waals surface area contributed by atoms with Crippen LogP contribution < -0.4 is 11.3 Å². The van der Waals surface area contributed by atoms with Gasteiger partial charge in [0.2, 0.25) is 5.91 Å². The number of ether oxygens (including phenoxy) is 1. The average Bonchev–Trinajstić information content (AvgIpc) is 2.76. The molecule has 98 valence electrons. The van der Waals surface area contributed by atoms with Crippen molar-refractivity contribution in [2.75, 3.05) is 19.7 Å². The molecule has 2 fully saturated rings. The molecular formula is C12H23N3O2. The van der Waals surface area contributed by atoms with Gasteiger partial charge in [0.05, 0.1) is 18.1 Å². The van der Waals surface area contributed by atoms with Gasteiger partial charge in [-0.2, -0.15) is 0 Å². The van der Waals surface area contributed by atoms with E-state index in [-0.39, 0.29) is 5.91 Å². The fraction of sp³-hybridized carbons (Fsp3) is 0.917. The minimum Gasteiger partial charge on any atom is -0.375 e. The van der Waals surface area contributed by atoms with Crippen molar-refractivity contribution < 1.29 is 9.53 Å². The van der Waals surface area contributed by atoms with E-state index < -0.39 is 5.41 Å². The number of morpholine rings is 1. The molecule has 2 aliphatic rings. The summed E-state index contributed by atoms with van der Waals surface area (Å²) < 4.78 is 5.77. The molecule has 1 saturated heterocycles. The zero-order valence-electron chi connectivity index (χ0n) is 10.7. The second-order valence-electron chi connectivity index (χ2n) is 5.74. The van der Waals surface area contributed by atoms with Crippen molar-refractivity contribution in [2.24, 2.45) is 11.3 Å². The van der Waals surface area contributed by atoms with E-state index in [1.807, 2.05) is 13.8 Å². The lowest BCUT2D eigenvalue weighted by Crippen LogP contribution is -2.54. The van der Waals surface area contributed by atoms with Crippen molar-refractivity contribution in [3.63, 3.8) is 0 Å². The predicted octanol–water partition coefficient (Wildman–Crippen LogP) is 0.256. The van der Waals surface area contributed by atoms with Crippen molar-refractivity contribution in [3.05, 3.63) is 0 Å². The van der Waals surface area contributed by atoms with Crippen molar-refractivity contribution in [1.29, 1.82) is 0 Å². The van der Waals surface area contributed by atoms with Gasteiger partial charge in [0.25, 0.3) is 0 Å². The maximum Gasteiger partial charge on any atom is 0.240 e. The lowest BCUT2D eigenvalue weighted by molar-refractivity contribution is -0.133. The zero-order valence-corrected chi connectivity index (χ0v) is 10.7. The zero-order chi connectivity index (χ0) is 12.5. The van der Waals surface area contributed by atoms with Crippen molar-refractivity contribution in [3.8, 4) is 0 Å². The average molecular weight is 241 g/mol. The van der Waals surface area contributed by atoms with Gasteiger partial charge in [0.15, 0.2) is 0 Å². The van der Waals surface area contributed by atoms with Gasteiger partial charge < -0.3 is 4.74 Å². The topological polar surface area (TPSA) is 67.6 Å². The van der Waals surface area contributed by atoms with Crippen LogP contribution in [0.4, 0.5) is 0 Å². The summed E-state index contributed by atoms with van der Waals surface area (Å²) in [7, 11) is 0. The second-order valence-corrected chi connectivity index (χ2v) is 5.74. The first-order valence-corrected chi connectivity index (χ1v) is 6.41. The van der Waals surface area contributed by atoms with E-state index in [0.717, 1.165) is 26.1 Å². The van der Waals surface area contributed by atoms with Crippen LogP contribution >= 0.6 is 0 Å². The molecule has 1 heterocycles. The lowest BCUT2D eigenvalue weighted by atomic mass is 9.90. The second kappa shape index (κ2) is 4.92. The highest BCUT2D eigenvalue weighted by Gasteiger charge is 2.39. The Balaban J connectivity index is 2.00. The van der Waals surface area contributed by atoms with E-state index in [1.54, 1.807) is 0 Å². The molecule has 0 radical (unpaired) electrons. The first kappa shape index (κ1) is 12.8. The van der Waals surface area contributed by atoms with E-state index >= 15 is 0 Å². The van der Waals surface area contributed by atoms with Crippen molar-refractivity contribution in [2.45, 2.75) is 45.3 Å². The van der Waals surface area contributed by atoms with Gasteiger partial charge in [0, 0.05) is 19.1 Å². The summed E-state index contributed by atoms with van der Waals surface area (Å²) in [6.07, 6.45) is 3.95. The van der Waals surface area contributed by atoms with Crippen molar-refractivity contribution >= 4 is 5.91 Å². The number of nitrogens with zero attached hydrogens (tertiary/aromatic N) is 1. The van der Waals surface area contributed by atoms with Crippen LogP contribution in [0.25, 0.3) is 0 Å². The number of rotatable bonds is 3. The molecule has 0 aromatic rings. The molecule has 2 unspecified atom stereocenters. The summed E-state index contributed by atoms with van der Waals surface area (Å²) in [6, 6.07) is 0.494. The molecule has 0 bridgehead atoms. The van der Waals surface area contributed by atoms with Gasteiger partial charge in [-0.05, 0) is 33.1 Å². The summed E-state index contributed by atoms with van der Waals surface area (Å²) in [6.45, 7) is 6.33. The van der Waals surface area contributed by atoms with Crippen LogP contribution in [-0.4, -0.2) is 42.6 Å². The highest BCUT2D eigenvalue weighted by atomic mass is 16.5. The predicted molar refractivity (Wildman–Crippen MR) is 65.1 cm³/mol. The molecule has 1 aliphatic carbocycles. The number of carbonyl (C=O) groups is 1. The quantitative estimate of drug-likeness (QED) is 0.422. The molecular weight excluding hydrogens is 218 g/mol. The number of nitrogens with one attached hydrogen (secondary N) is 1. The Hall–Kier alpha value is -0.650. The third-order valence-corrected chi connectivity index (χ3v) is 3.94. The number of carbonyl (C=O) groups excluding carboxylic acids is 1. The van der Waals surface area contributed by atoms with Crippen LogP contribution in [0.3, 0.4) is 0 Å². The summed E-state index contributed by atoms with van der Waals surface area (Å²) in [5.41, 5.74) is 1.81. The van der Waals surface area contributed by atoms with Gasteiger partial charge in [0.1, 0.15) is 0 Å². The smallest absolute Gasteiger partial charge is 0.240 e. The molecule has 2 atom stereocenters. The van der Waals surface area contributed by atoms with Crippen LogP contribution in [0.2, 0.25) is 0 Å². The molecule has 5 nitrogen and oxygen atoms in total. The minimum absolute atomic E-state index is 0.0986. The number of hydrogen-bond donors (Lipinski definition) is 2. The molecule has 0 aromatic carbocycles. The molecule has 1 saturated carbocycles. The number of hydrazine groups is 1. The molecule has 3 N–H and O–H groups in total. The van der Waals surface area contributed by atoms with Gasteiger partial charge in [-0.15, -0.1) is 0 Å². The van der Waals surface area contributed by atoms with Gasteiger partial charge in [-0.25, -0.2) is 5.84 Å². The van der Waals surface area contributed by atoms with Crippen LogP contribution in [0, 0.1) is 5.41 Å². The third kappa shape index (κ3) is 2.61. The Kier molecular flexibility index (Phi) is 3.70. The molecule has 5 heteroatoms. The standard InChI is InChI=1S/C12H23N3O2/c1-12(2,11(16)14-13)8-15-6-7-17-10-5-3-4-9(10)15/h9-10H,3-8,13H2,1-2H3,(H,14,16). The Morgan fingerprint density at radius 3 is 3.00 bits per heavy atom. The van der Waals surface area contributed by atoms with Crippen LogP contribution in [0.15, 0.2) is 0 Å². The Labute approximate surface area is 103 Å². The number of hydrogen-bond acceptors (Lipinski definition) is 4. The highest BCUT2D eigenvalue weighted by Crippen LogP contribution is 2.31. The molecule has 2 rings (SSSR count). The minimum atomic E-state index is -0.445. The normalized spacial score (nSPS) is 30.1. The van der Waals surface area contributed by atoms with E-state index in [9.17, 15) is 4.79 Å². The molecule has 0 aromatic heterocycles. The van der Waals surface area contributed by atoms with Gasteiger partial charge in [-0.1, -0.05) is 0 Å². The summed E-state index contributed by atoms with van der Waals surface area (Å²) >= 11 is 0. The summed E-state index contributed by atoms with van der Waals surface area (Å²) in [5, 5.41) is 0. The Morgan fingerprint density at radius 1 is 1.53 bits per heavy atom. The van der Waals surface area contributed by atoms with E-state index in [0.29, 0.717) is 12.1 Å². The van der Waals surface area contributed by atoms with E-state index in [2.05, 4.69) is 10.3 Å². The molecule has 0 spiro atoms. The summed E-state index contributed by atoms with van der Waals surface area (Å²) in [5.74, 6) is 5.13. The van der Waals surface area contributed by atoms with E-state index in [1.165, 1.54) is 12.8 Å². The maximum absolute atomic E-state index is 11.7. The SMILES string of the molecule is CC(C)(CN1CCOC2CCCC21)C(=O)NN. The first-order chi connectivity index (χ1) is 8.04. The van der Waals surface area contributed by atoms with Crippen LogP contribution in [0.1, 0.15) is 33.1 Å².